The maximum atomic E-state index is 5.74. The zero-order valence-corrected chi connectivity index (χ0v) is 13.3. The molecule has 1 aliphatic heterocycles. The van der Waals surface area contributed by atoms with E-state index in [1.807, 2.05) is 0 Å². The Bertz CT molecular complexity index is 394. The molecule has 1 atom stereocenters. The van der Waals surface area contributed by atoms with Gasteiger partial charge in [-0.2, -0.15) is 0 Å². The molecule has 1 aliphatic rings. The molecule has 1 unspecified atom stereocenters. The molecule has 0 aliphatic carbocycles. The number of likely N-dealkylation sites (N-methyl/N-ethyl adjacent to an activating group) is 1. The minimum Gasteiger partial charge on any atom is -0.494 e. The third kappa shape index (κ3) is 6.04. The molecule has 21 heavy (non-hydrogen) atoms. The van der Waals surface area contributed by atoms with Crippen molar-refractivity contribution in [3.8, 4) is 5.75 Å². The molecule has 2 rings (SSSR count). The van der Waals surface area contributed by atoms with E-state index in [1.165, 1.54) is 12.0 Å². The van der Waals surface area contributed by atoms with E-state index >= 15 is 0 Å². The topological polar surface area (TPSA) is 33.7 Å². The van der Waals surface area contributed by atoms with E-state index in [2.05, 4.69) is 48.5 Å². The van der Waals surface area contributed by atoms with Gasteiger partial charge in [-0.3, -0.25) is 0 Å². The van der Waals surface area contributed by atoms with Crippen LogP contribution in [-0.4, -0.2) is 50.9 Å². The van der Waals surface area contributed by atoms with Gasteiger partial charge in [0.15, 0.2) is 0 Å². The fourth-order valence-corrected chi connectivity index (χ4v) is 2.41. The molecule has 1 saturated heterocycles. The molecular formula is C17H28N2O2. The smallest absolute Gasteiger partial charge is 0.119 e. The van der Waals surface area contributed by atoms with E-state index in [0.717, 1.165) is 51.6 Å². The van der Waals surface area contributed by atoms with Gasteiger partial charge in [0.25, 0.3) is 0 Å². The van der Waals surface area contributed by atoms with Gasteiger partial charge >= 0.3 is 0 Å². The lowest BCUT2D eigenvalue weighted by molar-refractivity contribution is -0.0182. The first-order valence-corrected chi connectivity index (χ1v) is 8.00. The number of rotatable bonds is 8. The van der Waals surface area contributed by atoms with Gasteiger partial charge in [0.05, 0.1) is 19.3 Å². The molecule has 0 saturated carbocycles. The van der Waals surface area contributed by atoms with Crippen LogP contribution in [0.25, 0.3) is 0 Å². The van der Waals surface area contributed by atoms with Gasteiger partial charge < -0.3 is 19.7 Å². The summed E-state index contributed by atoms with van der Waals surface area (Å²) in [6.07, 6.45) is 2.58. The number of morpholine rings is 1. The fraction of sp³-hybridized carbons (Fsp3) is 0.647. The normalized spacial score (nSPS) is 19.6. The van der Waals surface area contributed by atoms with Crippen LogP contribution in [0, 0.1) is 0 Å². The van der Waals surface area contributed by atoms with Crippen molar-refractivity contribution in [3.05, 3.63) is 29.8 Å². The van der Waals surface area contributed by atoms with Gasteiger partial charge in [-0.1, -0.05) is 25.5 Å². The highest BCUT2D eigenvalue weighted by Crippen LogP contribution is 2.12. The predicted molar refractivity (Wildman–Crippen MR) is 85.8 cm³/mol. The molecule has 1 aromatic carbocycles. The Morgan fingerprint density at radius 2 is 2.14 bits per heavy atom. The summed E-state index contributed by atoms with van der Waals surface area (Å²) < 4.78 is 11.4. The lowest BCUT2D eigenvalue weighted by Crippen LogP contribution is -2.44. The molecule has 0 spiro atoms. The lowest BCUT2D eigenvalue weighted by atomic mass is 10.2. The second kappa shape index (κ2) is 9.03. The second-order valence-electron chi connectivity index (χ2n) is 5.73. The predicted octanol–water partition coefficient (Wildman–Crippen LogP) is 2.29. The van der Waals surface area contributed by atoms with E-state index in [-0.39, 0.29) is 0 Å². The van der Waals surface area contributed by atoms with Crippen LogP contribution in [0.2, 0.25) is 0 Å². The Labute approximate surface area is 128 Å². The monoisotopic (exact) mass is 292 g/mol. The molecule has 1 fully saturated rings. The standard InChI is InChI=1S/C17H28N2O2/c1-3-4-10-20-16-7-5-15(6-8-16)12-18-13-17-14-19(2)9-11-21-17/h5-8,17-18H,3-4,9-14H2,1-2H3. The van der Waals surface area contributed by atoms with Crippen LogP contribution in [0.15, 0.2) is 24.3 Å². The van der Waals surface area contributed by atoms with Crippen molar-refractivity contribution in [3.63, 3.8) is 0 Å². The van der Waals surface area contributed by atoms with E-state index in [1.54, 1.807) is 0 Å². The van der Waals surface area contributed by atoms with Gasteiger partial charge in [0.1, 0.15) is 5.75 Å². The van der Waals surface area contributed by atoms with Gasteiger partial charge in [-0.15, -0.1) is 0 Å². The minimum atomic E-state index is 0.306. The van der Waals surface area contributed by atoms with Crippen LogP contribution >= 0.6 is 0 Å². The number of nitrogens with zero attached hydrogens (tertiary/aromatic N) is 1. The second-order valence-corrected chi connectivity index (χ2v) is 5.73. The first-order chi connectivity index (χ1) is 10.3. The summed E-state index contributed by atoms with van der Waals surface area (Å²) in [6, 6.07) is 8.36. The van der Waals surface area contributed by atoms with Gasteiger partial charge in [-0.05, 0) is 31.2 Å². The molecule has 0 amide bonds. The average Bonchev–Trinajstić information content (AvgIpc) is 2.49. The van der Waals surface area contributed by atoms with Crippen LogP contribution in [0.5, 0.6) is 5.75 Å². The summed E-state index contributed by atoms with van der Waals surface area (Å²) in [5, 5.41) is 3.47. The quantitative estimate of drug-likeness (QED) is 0.745. The van der Waals surface area contributed by atoms with Gasteiger partial charge in [0.2, 0.25) is 0 Å². The van der Waals surface area contributed by atoms with Crippen LogP contribution in [-0.2, 0) is 11.3 Å². The average molecular weight is 292 g/mol. The molecule has 1 N–H and O–H groups in total. The SMILES string of the molecule is CCCCOc1ccc(CNCC2CN(C)CCO2)cc1. The van der Waals surface area contributed by atoms with Crippen molar-refractivity contribution in [2.24, 2.45) is 0 Å². The molecule has 0 aromatic heterocycles. The number of hydrogen-bond acceptors (Lipinski definition) is 4. The van der Waals surface area contributed by atoms with Gasteiger partial charge in [-0.25, -0.2) is 0 Å². The Balaban J connectivity index is 1.66. The maximum Gasteiger partial charge on any atom is 0.119 e. The van der Waals surface area contributed by atoms with E-state index in [0.29, 0.717) is 6.10 Å². The molecular weight excluding hydrogens is 264 g/mol. The highest BCUT2D eigenvalue weighted by atomic mass is 16.5. The zero-order valence-electron chi connectivity index (χ0n) is 13.3. The maximum absolute atomic E-state index is 5.74. The first-order valence-electron chi connectivity index (χ1n) is 8.00. The Morgan fingerprint density at radius 1 is 1.33 bits per heavy atom. The molecule has 1 aromatic rings. The number of benzene rings is 1. The van der Waals surface area contributed by atoms with Crippen LogP contribution < -0.4 is 10.1 Å². The van der Waals surface area contributed by atoms with Gasteiger partial charge in [0, 0.05) is 26.2 Å². The number of hydrogen-bond donors (Lipinski definition) is 1. The van der Waals surface area contributed by atoms with E-state index in [9.17, 15) is 0 Å². The lowest BCUT2D eigenvalue weighted by Gasteiger charge is -2.30. The van der Waals surface area contributed by atoms with E-state index in [4.69, 9.17) is 9.47 Å². The first kappa shape index (κ1) is 16.3. The van der Waals surface area contributed by atoms with Crippen molar-refractivity contribution < 1.29 is 9.47 Å². The summed E-state index contributed by atoms with van der Waals surface area (Å²) in [6.45, 7) is 7.64. The Morgan fingerprint density at radius 3 is 2.86 bits per heavy atom. The molecule has 1 heterocycles. The molecule has 4 heteroatoms. The number of ether oxygens (including phenoxy) is 2. The number of unbranched alkanes of at least 4 members (excludes halogenated alkanes) is 1. The Hall–Kier alpha value is -1.10. The highest BCUT2D eigenvalue weighted by molar-refractivity contribution is 5.27. The third-order valence-electron chi connectivity index (χ3n) is 3.73. The summed E-state index contributed by atoms with van der Waals surface area (Å²) >= 11 is 0. The van der Waals surface area contributed by atoms with Crippen molar-refractivity contribution in [1.29, 1.82) is 0 Å². The van der Waals surface area contributed by atoms with Crippen molar-refractivity contribution in [2.45, 2.75) is 32.4 Å². The summed E-state index contributed by atoms with van der Waals surface area (Å²) in [5.41, 5.74) is 1.28. The third-order valence-corrected chi connectivity index (χ3v) is 3.73. The number of nitrogens with one attached hydrogen (secondary N) is 1. The van der Waals surface area contributed by atoms with Crippen LogP contribution in [0.1, 0.15) is 25.3 Å². The van der Waals surface area contributed by atoms with Crippen LogP contribution in [0.4, 0.5) is 0 Å². The Kier molecular flexibility index (Phi) is 7.00. The fourth-order valence-electron chi connectivity index (χ4n) is 2.41. The van der Waals surface area contributed by atoms with E-state index < -0.39 is 0 Å². The zero-order chi connectivity index (χ0) is 14.9. The summed E-state index contributed by atoms with van der Waals surface area (Å²) in [4.78, 5) is 2.32. The van der Waals surface area contributed by atoms with Crippen LogP contribution in [0.3, 0.4) is 0 Å². The largest absolute Gasteiger partial charge is 0.494 e. The van der Waals surface area contributed by atoms with Crippen molar-refractivity contribution in [2.75, 3.05) is 39.9 Å². The summed E-state index contributed by atoms with van der Waals surface area (Å²) in [5.74, 6) is 0.962. The highest BCUT2D eigenvalue weighted by Gasteiger charge is 2.16. The molecule has 0 radical (unpaired) electrons. The molecule has 0 bridgehead atoms. The van der Waals surface area contributed by atoms with Crippen molar-refractivity contribution in [1.82, 2.24) is 10.2 Å². The minimum absolute atomic E-state index is 0.306. The summed E-state index contributed by atoms with van der Waals surface area (Å²) in [7, 11) is 2.15. The molecule has 4 nitrogen and oxygen atoms in total. The van der Waals surface area contributed by atoms with Crippen molar-refractivity contribution >= 4 is 0 Å². The molecule has 118 valence electrons.